The molecule has 1 fully saturated rings. The van der Waals surface area contributed by atoms with Crippen molar-refractivity contribution in [2.75, 3.05) is 24.6 Å². The highest BCUT2D eigenvalue weighted by Crippen LogP contribution is 1.99. The lowest BCUT2D eigenvalue weighted by Gasteiger charge is -2.08. The quantitative estimate of drug-likeness (QED) is 0.763. The third-order valence-corrected chi connectivity index (χ3v) is 3.02. The van der Waals surface area contributed by atoms with Gasteiger partial charge in [-0.25, -0.2) is 10.5 Å². The minimum absolute atomic E-state index is 1.21. The third kappa shape index (κ3) is 12.8. The normalized spacial score (nSPS) is 14.5. The molecule has 0 bridgehead atoms. The van der Waals surface area contributed by atoms with Crippen LogP contribution in [-0.2, 0) is 4.84 Å². The van der Waals surface area contributed by atoms with Gasteiger partial charge in [-0.1, -0.05) is 5.16 Å². The van der Waals surface area contributed by atoms with Gasteiger partial charge < -0.3 is 19.1 Å². The third-order valence-electron chi connectivity index (χ3n) is 2.03. The lowest BCUT2D eigenvalue weighted by atomic mass is 10.6. The zero-order chi connectivity index (χ0) is 15.6. The number of hydrogen-bond donors (Lipinski definition) is 2. The summed E-state index contributed by atoms with van der Waals surface area (Å²) in [6.45, 7) is 2.43. The van der Waals surface area contributed by atoms with E-state index in [-0.39, 0.29) is 0 Å². The Balaban J connectivity index is 0.000000147. The molecule has 7 nitrogen and oxygen atoms in total. The molecule has 120 valence electrons. The largest absolute Gasteiger partial charge is 0.452 e. The number of aromatic nitrogens is 2. The van der Waals surface area contributed by atoms with Crippen LogP contribution in [0.15, 0.2) is 70.9 Å². The molecule has 4 rings (SSSR count). The van der Waals surface area contributed by atoms with Gasteiger partial charge in [0.25, 0.3) is 0 Å². The highest BCUT2D eigenvalue weighted by Gasteiger charge is 1.93. The van der Waals surface area contributed by atoms with Crippen molar-refractivity contribution in [1.82, 2.24) is 20.9 Å². The van der Waals surface area contributed by atoms with E-state index in [1.165, 1.54) is 43.5 Å². The van der Waals surface area contributed by atoms with E-state index in [1.807, 2.05) is 17.8 Å². The lowest BCUT2D eigenvalue weighted by Crippen LogP contribution is -2.24. The highest BCUT2D eigenvalue weighted by atomic mass is 32.2. The second-order valence-electron chi connectivity index (χ2n) is 3.65. The van der Waals surface area contributed by atoms with Crippen LogP contribution < -0.4 is 10.8 Å². The van der Waals surface area contributed by atoms with E-state index < -0.39 is 0 Å². The van der Waals surface area contributed by atoms with Crippen LogP contribution in [-0.4, -0.2) is 34.7 Å². The molecule has 2 aromatic heterocycles. The summed E-state index contributed by atoms with van der Waals surface area (Å²) in [6.07, 6.45) is 14.5. The molecule has 0 radical (unpaired) electrons. The Morgan fingerprint density at radius 1 is 1.05 bits per heavy atom. The lowest BCUT2D eigenvalue weighted by molar-refractivity contribution is 0.172. The smallest absolute Gasteiger partial charge is 0.180 e. The van der Waals surface area contributed by atoms with Crippen molar-refractivity contribution < 1.29 is 13.8 Å². The van der Waals surface area contributed by atoms with Gasteiger partial charge in [-0.3, -0.25) is 0 Å². The molecular formula is C14H20N4O3S. The molecule has 2 aliphatic rings. The Labute approximate surface area is 133 Å². The maximum atomic E-state index is 4.55. The Hall–Kier alpha value is -2.19. The van der Waals surface area contributed by atoms with E-state index in [1.54, 1.807) is 37.0 Å². The first-order valence-electron chi connectivity index (χ1n) is 6.68. The standard InChI is InChI=1S/C4H5NO.C4H9NS.2C3H3NO/c1-2-4-6-5-3-1;1-3-6-4-2-5-1;1-2-5-3-4-1;1-2-4-5-3-1/h1-5H;5H,1-4H2;2*1-3H. The van der Waals surface area contributed by atoms with Crippen LogP contribution in [0.3, 0.4) is 0 Å². The van der Waals surface area contributed by atoms with Crippen LogP contribution in [0.5, 0.6) is 0 Å². The number of hydrogen-bond acceptors (Lipinski definition) is 8. The number of hydroxylamine groups is 1. The van der Waals surface area contributed by atoms with Crippen molar-refractivity contribution >= 4 is 11.8 Å². The van der Waals surface area contributed by atoms with Crippen molar-refractivity contribution in [3.05, 3.63) is 62.0 Å². The zero-order valence-corrected chi connectivity index (χ0v) is 12.9. The molecular weight excluding hydrogens is 304 g/mol. The van der Waals surface area contributed by atoms with E-state index in [4.69, 9.17) is 0 Å². The number of allylic oxidation sites excluding steroid dienone is 2. The minimum atomic E-state index is 1.21. The summed E-state index contributed by atoms with van der Waals surface area (Å²) in [5.41, 5.74) is 2.52. The SMILES string of the molecule is C1=CNOC=C1.C1CSCCN1.c1cnoc1.c1cocn1. The Kier molecular flexibility index (Phi) is 12.3. The van der Waals surface area contributed by atoms with Crippen LogP contribution in [0.2, 0.25) is 0 Å². The molecule has 0 unspecified atom stereocenters. The molecule has 1 saturated heterocycles. The maximum Gasteiger partial charge on any atom is 0.180 e. The zero-order valence-electron chi connectivity index (χ0n) is 12.1. The number of rotatable bonds is 0. The molecule has 0 aromatic carbocycles. The molecule has 0 spiro atoms. The van der Waals surface area contributed by atoms with Crippen LogP contribution in [0.1, 0.15) is 0 Å². The second-order valence-corrected chi connectivity index (χ2v) is 4.87. The van der Waals surface area contributed by atoms with Crippen LogP contribution >= 0.6 is 11.8 Å². The number of nitrogens with zero attached hydrogens (tertiary/aromatic N) is 2. The average molecular weight is 324 g/mol. The molecule has 0 amide bonds. The summed E-state index contributed by atoms with van der Waals surface area (Å²) in [6, 6.07) is 1.72. The van der Waals surface area contributed by atoms with Crippen LogP contribution in [0.25, 0.3) is 0 Å². The van der Waals surface area contributed by atoms with Crippen molar-refractivity contribution in [3.8, 4) is 0 Å². The molecule has 2 aliphatic heterocycles. The molecule has 8 heteroatoms. The second kappa shape index (κ2) is 15.2. The highest BCUT2D eigenvalue weighted by molar-refractivity contribution is 7.99. The first-order valence-corrected chi connectivity index (χ1v) is 7.83. The van der Waals surface area contributed by atoms with Gasteiger partial charge in [-0.05, 0) is 18.2 Å². The number of thioether (sulfide) groups is 1. The van der Waals surface area contributed by atoms with Crippen LogP contribution in [0.4, 0.5) is 0 Å². The van der Waals surface area contributed by atoms with Crippen molar-refractivity contribution in [2.45, 2.75) is 0 Å². The Morgan fingerprint density at radius 3 is 2.14 bits per heavy atom. The molecule has 0 aliphatic carbocycles. The predicted molar refractivity (Wildman–Crippen MR) is 85.7 cm³/mol. The first kappa shape index (κ1) is 17.9. The number of oxazole rings is 1. The first-order chi connectivity index (χ1) is 11.0. The van der Waals surface area contributed by atoms with Crippen molar-refractivity contribution in [1.29, 1.82) is 0 Å². The minimum Gasteiger partial charge on any atom is -0.452 e. The molecule has 22 heavy (non-hydrogen) atoms. The predicted octanol–water partition coefficient (Wildman–Crippen LogP) is 2.22. The van der Waals surface area contributed by atoms with E-state index in [2.05, 4.69) is 34.7 Å². The van der Waals surface area contributed by atoms with E-state index in [0.717, 1.165) is 0 Å². The summed E-state index contributed by atoms with van der Waals surface area (Å²) < 4.78 is 8.81. The summed E-state index contributed by atoms with van der Waals surface area (Å²) >= 11 is 2.03. The fourth-order valence-electron chi connectivity index (χ4n) is 1.13. The summed E-state index contributed by atoms with van der Waals surface area (Å²) in [4.78, 5) is 8.11. The molecule has 0 atom stereocenters. The topological polar surface area (TPSA) is 85.4 Å². The summed E-state index contributed by atoms with van der Waals surface area (Å²) in [5, 5.41) is 6.61. The van der Waals surface area contributed by atoms with Gasteiger partial charge in [0.05, 0.1) is 12.4 Å². The molecule has 2 N–H and O–H groups in total. The summed E-state index contributed by atoms with van der Waals surface area (Å²) in [5.74, 6) is 2.61. The Morgan fingerprint density at radius 2 is 1.95 bits per heavy atom. The van der Waals surface area contributed by atoms with Gasteiger partial charge in [0.2, 0.25) is 0 Å². The van der Waals surface area contributed by atoms with Gasteiger partial charge in [0, 0.05) is 30.8 Å². The molecule has 4 heterocycles. The van der Waals surface area contributed by atoms with Gasteiger partial charge in [-0.2, -0.15) is 11.8 Å². The monoisotopic (exact) mass is 324 g/mol. The Bertz CT molecular complexity index is 372. The molecule has 2 aromatic rings. The van der Waals surface area contributed by atoms with E-state index in [9.17, 15) is 0 Å². The van der Waals surface area contributed by atoms with E-state index in [0.29, 0.717) is 0 Å². The van der Waals surface area contributed by atoms with Gasteiger partial charge in [0.1, 0.15) is 18.8 Å². The molecule has 0 saturated carbocycles. The maximum absolute atomic E-state index is 4.55. The summed E-state index contributed by atoms with van der Waals surface area (Å²) in [7, 11) is 0. The van der Waals surface area contributed by atoms with Crippen molar-refractivity contribution in [3.63, 3.8) is 0 Å². The van der Waals surface area contributed by atoms with Gasteiger partial charge in [-0.15, -0.1) is 0 Å². The average Bonchev–Trinajstić information content (AvgIpc) is 3.37. The van der Waals surface area contributed by atoms with Gasteiger partial charge >= 0.3 is 0 Å². The number of nitrogens with one attached hydrogen (secondary N) is 2. The van der Waals surface area contributed by atoms with Crippen molar-refractivity contribution in [2.24, 2.45) is 0 Å². The van der Waals surface area contributed by atoms with Crippen LogP contribution in [0, 0.1) is 0 Å². The van der Waals surface area contributed by atoms with Gasteiger partial charge in [0.15, 0.2) is 6.39 Å². The van der Waals surface area contributed by atoms with E-state index >= 15 is 0 Å². The fourth-order valence-corrected chi connectivity index (χ4v) is 1.91. The fraction of sp³-hybridized carbons (Fsp3) is 0.286.